The van der Waals surface area contributed by atoms with Gasteiger partial charge in [0.05, 0.1) is 12.3 Å². The Bertz CT molecular complexity index is 1230. The summed E-state index contributed by atoms with van der Waals surface area (Å²) in [6, 6.07) is 18.6. The summed E-state index contributed by atoms with van der Waals surface area (Å²) in [4.78, 5) is 37.7. The number of carbonyl (C=O) groups is 2. The molecular formula is C25H25N5O5. The van der Waals surface area contributed by atoms with Gasteiger partial charge in [0.25, 0.3) is 11.8 Å². The van der Waals surface area contributed by atoms with E-state index in [1.807, 2.05) is 24.3 Å². The van der Waals surface area contributed by atoms with Crippen LogP contribution in [-0.4, -0.2) is 36.0 Å². The number of nitro groups is 1. The van der Waals surface area contributed by atoms with Crippen molar-refractivity contribution in [2.75, 3.05) is 18.0 Å². The fraction of sp³-hybridized carbons (Fsp3) is 0.160. The van der Waals surface area contributed by atoms with E-state index in [1.54, 1.807) is 30.3 Å². The highest BCUT2D eigenvalue weighted by atomic mass is 16.6. The van der Waals surface area contributed by atoms with Crippen LogP contribution in [0.5, 0.6) is 0 Å². The van der Waals surface area contributed by atoms with E-state index >= 15 is 0 Å². The number of hydrogen-bond acceptors (Lipinski definition) is 7. The topological polar surface area (TPSA) is 130 Å². The Labute approximate surface area is 202 Å². The van der Waals surface area contributed by atoms with Crippen LogP contribution in [0.3, 0.4) is 0 Å². The van der Waals surface area contributed by atoms with Crippen LogP contribution >= 0.6 is 0 Å². The number of nitrogens with zero attached hydrogens (tertiary/aromatic N) is 3. The molecule has 0 atom stereocenters. The van der Waals surface area contributed by atoms with Gasteiger partial charge in [0, 0.05) is 24.3 Å². The van der Waals surface area contributed by atoms with E-state index in [2.05, 4.69) is 34.6 Å². The van der Waals surface area contributed by atoms with E-state index in [4.69, 9.17) is 4.42 Å². The SMILES string of the molecule is CCN(CC)c1ccc(/C=C(\NC(=O)c2ccccc2)C(=O)N/N=C/c2ccc([N+](=O)[O-])o2)cc1. The fourth-order valence-corrected chi connectivity index (χ4v) is 3.20. The molecule has 0 saturated carbocycles. The number of hydrogen-bond donors (Lipinski definition) is 2. The Morgan fingerprint density at radius 2 is 1.71 bits per heavy atom. The molecule has 0 aliphatic carbocycles. The van der Waals surface area contributed by atoms with Gasteiger partial charge >= 0.3 is 5.88 Å². The van der Waals surface area contributed by atoms with E-state index in [0.717, 1.165) is 25.0 Å². The van der Waals surface area contributed by atoms with Crippen LogP contribution in [0.25, 0.3) is 6.08 Å². The summed E-state index contributed by atoms with van der Waals surface area (Å²) in [6.07, 6.45) is 2.66. The van der Waals surface area contributed by atoms with E-state index in [0.29, 0.717) is 11.1 Å². The molecule has 35 heavy (non-hydrogen) atoms. The Hall–Kier alpha value is -4.73. The van der Waals surface area contributed by atoms with Crippen LogP contribution in [0.4, 0.5) is 11.6 Å². The third kappa shape index (κ3) is 6.87. The van der Waals surface area contributed by atoms with Gasteiger partial charge in [0.1, 0.15) is 10.6 Å². The smallest absolute Gasteiger partial charge is 0.400 e. The summed E-state index contributed by atoms with van der Waals surface area (Å²) in [5, 5.41) is 17.1. The number of anilines is 1. The Morgan fingerprint density at radius 3 is 2.31 bits per heavy atom. The second-order valence-electron chi connectivity index (χ2n) is 7.27. The lowest BCUT2D eigenvalue weighted by atomic mass is 10.1. The normalized spacial score (nSPS) is 11.3. The van der Waals surface area contributed by atoms with E-state index in [-0.39, 0.29) is 11.5 Å². The molecule has 180 valence electrons. The van der Waals surface area contributed by atoms with Gasteiger partial charge in [-0.2, -0.15) is 5.10 Å². The minimum absolute atomic E-state index is 0.0305. The molecule has 2 N–H and O–H groups in total. The van der Waals surface area contributed by atoms with Crippen LogP contribution in [-0.2, 0) is 4.79 Å². The van der Waals surface area contributed by atoms with E-state index < -0.39 is 22.6 Å². The first-order valence-corrected chi connectivity index (χ1v) is 10.9. The number of carbonyl (C=O) groups excluding carboxylic acids is 2. The lowest BCUT2D eigenvalue weighted by Gasteiger charge is -2.20. The lowest BCUT2D eigenvalue weighted by molar-refractivity contribution is -0.402. The van der Waals surface area contributed by atoms with E-state index in [1.165, 1.54) is 18.2 Å². The van der Waals surface area contributed by atoms with Crippen LogP contribution in [0.15, 0.2) is 81.9 Å². The summed E-state index contributed by atoms with van der Waals surface area (Å²) in [5.74, 6) is -1.50. The Kier molecular flexibility index (Phi) is 8.49. The highest BCUT2D eigenvalue weighted by Gasteiger charge is 2.15. The van der Waals surface area contributed by atoms with Crippen LogP contribution in [0, 0.1) is 10.1 Å². The highest BCUT2D eigenvalue weighted by molar-refractivity contribution is 6.05. The molecule has 0 bridgehead atoms. The lowest BCUT2D eigenvalue weighted by Crippen LogP contribution is -2.32. The van der Waals surface area contributed by atoms with Crippen molar-refractivity contribution in [2.24, 2.45) is 5.10 Å². The van der Waals surface area contributed by atoms with Crippen LogP contribution in [0.2, 0.25) is 0 Å². The summed E-state index contributed by atoms with van der Waals surface area (Å²) in [6.45, 7) is 5.87. The van der Waals surface area contributed by atoms with Crippen molar-refractivity contribution in [3.05, 3.63) is 99.4 Å². The minimum atomic E-state index is -0.681. The van der Waals surface area contributed by atoms with Crippen molar-refractivity contribution < 1.29 is 18.9 Å². The minimum Gasteiger partial charge on any atom is -0.400 e. The summed E-state index contributed by atoms with van der Waals surface area (Å²) in [7, 11) is 0. The van der Waals surface area contributed by atoms with Crippen molar-refractivity contribution in [1.82, 2.24) is 10.7 Å². The average molecular weight is 476 g/mol. The van der Waals surface area contributed by atoms with Crippen molar-refractivity contribution in [1.29, 1.82) is 0 Å². The number of hydrazone groups is 1. The summed E-state index contributed by atoms with van der Waals surface area (Å²) >= 11 is 0. The second kappa shape index (κ2) is 11.9. The first-order valence-electron chi connectivity index (χ1n) is 10.9. The summed E-state index contributed by atoms with van der Waals surface area (Å²) < 4.78 is 4.97. The van der Waals surface area contributed by atoms with Crippen molar-refractivity contribution in [2.45, 2.75) is 13.8 Å². The molecule has 3 aromatic rings. The second-order valence-corrected chi connectivity index (χ2v) is 7.27. The van der Waals surface area contributed by atoms with Crippen molar-refractivity contribution in [3.63, 3.8) is 0 Å². The molecular weight excluding hydrogens is 450 g/mol. The Morgan fingerprint density at radius 1 is 1.03 bits per heavy atom. The zero-order valence-corrected chi connectivity index (χ0v) is 19.3. The van der Waals surface area contributed by atoms with Gasteiger partial charge in [0.2, 0.25) is 0 Å². The van der Waals surface area contributed by atoms with Crippen molar-refractivity contribution in [3.8, 4) is 0 Å². The van der Waals surface area contributed by atoms with Gasteiger partial charge in [0.15, 0.2) is 5.76 Å². The maximum atomic E-state index is 12.8. The molecule has 0 saturated heterocycles. The first kappa shape index (κ1) is 24.9. The first-order chi connectivity index (χ1) is 16.9. The Balaban J connectivity index is 1.81. The molecule has 0 aliphatic rings. The van der Waals surface area contributed by atoms with E-state index in [9.17, 15) is 19.7 Å². The van der Waals surface area contributed by atoms with Gasteiger partial charge in [-0.05, 0) is 55.8 Å². The highest BCUT2D eigenvalue weighted by Crippen LogP contribution is 2.17. The predicted molar refractivity (Wildman–Crippen MR) is 133 cm³/mol. The molecule has 10 heteroatoms. The maximum absolute atomic E-state index is 12.8. The maximum Gasteiger partial charge on any atom is 0.433 e. The van der Waals surface area contributed by atoms with Crippen molar-refractivity contribution >= 4 is 35.7 Å². The van der Waals surface area contributed by atoms with Gasteiger partial charge in [-0.15, -0.1) is 0 Å². The predicted octanol–water partition coefficient (Wildman–Crippen LogP) is 3.96. The molecule has 0 fully saturated rings. The summed E-state index contributed by atoms with van der Waals surface area (Å²) in [5.41, 5.74) is 4.40. The van der Waals surface area contributed by atoms with Gasteiger partial charge in [-0.3, -0.25) is 19.7 Å². The molecule has 2 aromatic carbocycles. The zero-order chi connectivity index (χ0) is 25.2. The molecule has 2 amide bonds. The van der Waals surface area contributed by atoms with Gasteiger partial charge in [-0.1, -0.05) is 30.3 Å². The standard InChI is InChI=1S/C25H25N5O5/c1-3-29(4-2)20-12-10-18(11-13-20)16-22(27-24(31)19-8-6-5-7-9-19)25(32)28-26-17-21-14-15-23(35-21)30(33)34/h5-17H,3-4H2,1-2H3,(H,27,31)(H,28,32)/b22-16-,26-17+. The van der Waals surface area contributed by atoms with Crippen LogP contribution in [0.1, 0.15) is 35.5 Å². The quantitative estimate of drug-likeness (QED) is 0.198. The fourth-order valence-electron chi connectivity index (χ4n) is 3.20. The number of benzene rings is 2. The number of rotatable bonds is 10. The molecule has 0 radical (unpaired) electrons. The molecule has 0 aliphatic heterocycles. The third-order valence-corrected chi connectivity index (χ3v) is 5.01. The zero-order valence-electron chi connectivity index (χ0n) is 19.3. The number of furan rings is 1. The molecule has 1 heterocycles. The monoisotopic (exact) mass is 475 g/mol. The van der Waals surface area contributed by atoms with Crippen LogP contribution < -0.4 is 15.6 Å². The molecule has 1 aromatic heterocycles. The average Bonchev–Trinajstić information content (AvgIpc) is 3.35. The van der Waals surface area contributed by atoms with Gasteiger partial charge in [-0.25, -0.2) is 5.43 Å². The number of amides is 2. The largest absolute Gasteiger partial charge is 0.433 e. The van der Waals surface area contributed by atoms with Gasteiger partial charge < -0.3 is 14.6 Å². The molecule has 0 unspecified atom stereocenters. The molecule has 0 spiro atoms. The molecule has 3 rings (SSSR count). The molecule has 10 nitrogen and oxygen atoms in total. The number of nitrogens with one attached hydrogen (secondary N) is 2. The third-order valence-electron chi connectivity index (χ3n) is 5.01.